The van der Waals surface area contributed by atoms with Crippen molar-refractivity contribution in [3.05, 3.63) is 36.0 Å². The topological polar surface area (TPSA) is 93.6 Å². The van der Waals surface area contributed by atoms with Gasteiger partial charge in [0, 0.05) is 6.07 Å². The Kier molecular flexibility index (Phi) is 2.48. The van der Waals surface area contributed by atoms with Crippen molar-refractivity contribution in [2.24, 2.45) is 0 Å². The molecule has 0 unspecified atom stereocenters. The summed E-state index contributed by atoms with van der Waals surface area (Å²) in [4.78, 5) is 0. The summed E-state index contributed by atoms with van der Waals surface area (Å²) >= 11 is 0. The van der Waals surface area contributed by atoms with Gasteiger partial charge < -0.3 is 10.3 Å². The number of hydrogen-bond acceptors (Lipinski definition) is 5. The minimum absolute atomic E-state index is 0.0528. The summed E-state index contributed by atoms with van der Waals surface area (Å²) in [6.45, 7) is 0. The Labute approximate surface area is 105 Å². The number of aromatic nitrogens is 4. The van der Waals surface area contributed by atoms with Crippen LogP contribution >= 0.6 is 0 Å². The molecule has 0 aliphatic rings. The van der Waals surface area contributed by atoms with Crippen LogP contribution in [-0.4, -0.2) is 20.6 Å². The largest absolute Gasteiger partial charge is 0.367 e. The molecule has 0 saturated heterocycles. The van der Waals surface area contributed by atoms with Crippen molar-refractivity contribution in [1.29, 1.82) is 0 Å². The van der Waals surface area contributed by atoms with Crippen LogP contribution < -0.4 is 5.73 Å². The highest BCUT2D eigenvalue weighted by atomic mass is 19.1. The van der Waals surface area contributed by atoms with Crippen molar-refractivity contribution in [3.8, 4) is 22.5 Å². The molecular formula is C11H7F2N5O. The zero-order valence-electron chi connectivity index (χ0n) is 9.39. The van der Waals surface area contributed by atoms with Crippen molar-refractivity contribution in [2.45, 2.75) is 0 Å². The van der Waals surface area contributed by atoms with Gasteiger partial charge in [-0.3, -0.25) is 0 Å². The molecule has 0 saturated carbocycles. The molecule has 0 aliphatic heterocycles. The molecule has 2 aromatic heterocycles. The van der Waals surface area contributed by atoms with Crippen LogP contribution in [-0.2, 0) is 0 Å². The Balaban J connectivity index is 2.22. The maximum atomic E-state index is 13.3. The number of nitrogen functional groups attached to an aromatic ring is 1. The Hall–Kier alpha value is -2.77. The third-order valence-corrected chi connectivity index (χ3v) is 2.53. The number of H-pyrrole nitrogens is 1. The van der Waals surface area contributed by atoms with Gasteiger partial charge in [-0.25, -0.2) is 8.78 Å². The summed E-state index contributed by atoms with van der Waals surface area (Å²) in [6, 6.07) is 3.04. The van der Waals surface area contributed by atoms with E-state index in [4.69, 9.17) is 10.3 Å². The van der Waals surface area contributed by atoms with Crippen LogP contribution in [0.2, 0.25) is 0 Å². The number of hydrogen-bond donors (Lipinski definition) is 2. The lowest BCUT2D eigenvalue weighted by Crippen LogP contribution is -1.90. The molecule has 19 heavy (non-hydrogen) atoms. The molecule has 0 fully saturated rings. The third kappa shape index (κ3) is 1.92. The molecule has 0 amide bonds. The predicted octanol–water partition coefficient (Wildman–Crippen LogP) is 1.99. The molecule has 0 atom stereocenters. The smallest absolute Gasteiger partial charge is 0.230 e. The molecule has 3 rings (SSSR count). The maximum Gasteiger partial charge on any atom is 0.230 e. The van der Waals surface area contributed by atoms with Gasteiger partial charge in [-0.1, -0.05) is 5.16 Å². The number of aromatic amines is 1. The van der Waals surface area contributed by atoms with E-state index in [2.05, 4.69) is 20.6 Å². The van der Waals surface area contributed by atoms with Crippen LogP contribution in [0.4, 0.5) is 14.7 Å². The monoisotopic (exact) mass is 263 g/mol. The molecule has 6 nitrogen and oxygen atoms in total. The number of benzene rings is 1. The molecule has 2 heterocycles. The lowest BCUT2D eigenvalue weighted by atomic mass is 10.0. The van der Waals surface area contributed by atoms with Crippen LogP contribution in [0.25, 0.3) is 22.5 Å². The standard InChI is InChI=1S/C11H7F2N5O/c12-6-1-5(2-7(13)3-6)9-10(17-19-11(9)14)8-4-15-18-16-8/h1-4H,14H2,(H,15,16,18). The molecule has 1 aromatic carbocycles. The van der Waals surface area contributed by atoms with Gasteiger partial charge in [-0.15, -0.1) is 0 Å². The van der Waals surface area contributed by atoms with Gasteiger partial charge in [0.15, 0.2) is 0 Å². The Morgan fingerprint density at radius 1 is 1.16 bits per heavy atom. The van der Waals surface area contributed by atoms with E-state index in [-0.39, 0.29) is 22.7 Å². The van der Waals surface area contributed by atoms with Crippen LogP contribution in [0.3, 0.4) is 0 Å². The number of nitrogens with two attached hydrogens (primary N) is 1. The van der Waals surface area contributed by atoms with Gasteiger partial charge in [0.25, 0.3) is 0 Å². The first-order valence-corrected chi connectivity index (χ1v) is 5.23. The van der Waals surface area contributed by atoms with Crippen LogP contribution in [0.5, 0.6) is 0 Å². The summed E-state index contributed by atoms with van der Waals surface area (Å²) in [7, 11) is 0. The summed E-state index contributed by atoms with van der Waals surface area (Å²) < 4.78 is 31.4. The predicted molar refractivity (Wildman–Crippen MR) is 61.6 cm³/mol. The Morgan fingerprint density at radius 3 is 2.53 bits per heavy atom. The third-order valence-electron chi connectivity index (χ3n) is 2.53. The molecule has 96 valence electrons. The molecule has 8 heteroatoms. The van der Waals surface area contributed by atoms with Gasteiger partial charge in [0.2, 0.25) is 5.88 Å². The van der Waals surface area contributed by atoms with Crippen molar-refractivity contribution >= 4 is 5.88 Å². The molecule has 0 aliphatic carbocycles. The van der Waals surface area contributed by atoms with Crippen molar-refractivity contribution in [3.63, 3.8) is 0 Å². The zero-order chi connectivity index (χ0) is 13.4. The first kappa shape index (κ1) is 11.3. The average molecular weight is 263 g/mol. The Morgan fingerprint density at radius 2 is 1.89 bits per heavy atom. The van der Waals surface area contributed by atoms with E-state index < -0.39 is 11.6 Å². The van der Waals surface area contributed by atoms with E-state index in [1.165, 1.54) is 6.20 Å². The van der Waals surface area contributed by atoms with Gasteiger partial charge in [-0.2, -0.15) is 15.4 Å². The van der Waals surface area contributed by atoms with E-state index in [0.29, 0.717) is 5.69 Å². The molecule has 0 spiro atoms. The van der Waals surface area contributed by atoms with Crippen LogP contribution in [0, 0.1) is 11.6 Å². The quantitative estimate of drug-likeness (QED) is 0.737. The van der Waals surface area contributed by atoms with Crippen molar-refractivity contribution in [1.82, 2.24) is 20.6 Å². The highest BCUT2D eigenvalue weighted by Gasteiger charge is 2.20. The lowest BCUT2D eigenvalue weighted by Gasteiger charge is -2.01. The minimum atomic E-state index is -0.721. The highest BCUT2D eigenvalue weighted by molar-refractivity contribution is 5.85. The first-order chi connectivity index (χ1) is 9.15. The number of anilines is 1. The lowest BCUT2D eigenvalue weighted by molar-refractivity contribution is 0.439. The Bertz CT molecular complexity index is 703. The minimum Gasteiger partial charge on any atom is -0.367 e. The summed E-state index contributed by atoms with van der Waals surface area (Å²) in [5, 5.41) is 13.6. The summed E-state index contributed by atoms with van der Waals surface area (Å²) in [5.41, 5.74) is 6.76. The second-order valence-electron chi connectivity index (χ2n) is 3.78. The van der Waals surface area contributed by atoms with Crippen molar-refractivity contribution in [2.75, 3.05) is 5.73 Å². The second kappa shape index (κ2) is 4.16. The molecular weight excluding hydrogens is 256 g/mol. The maximum absolute atomic E-state index is 13.3. The van der Waals surface area contributed by atoms with E-state index in [9.17, 15) is 8.78 Å². The van der Waals surface area contributed by atoms with Crippen molar-refractivity contribution < 1.29 is 13.3 Å². The molecule has 3 N–H and O–H groups in total. The van der Waals surface area contributed by atoms with E-state index in [1.54, 1.807) is 0 Å². The average Bonchev–Trinajstić information content (AvgIpc) is 2.95. The first-order valence-electron chi connectivity index (χ1n) is 5.23. The van der Waals surface area contributed by atoms with Gasteiger partial charge in [0.05, 0.1) is 11.8 Å². The fourth-order valence-corrected chi connectivity index (χ4v) is 1.77. The molecule has 0 bridgehead atoms. The zero-order valence-corrected chi connectivity index (χ0v) is 9.39. The van der Waals surface area contributed by atoms with E-state index in [1.807, 2.05) is 0 Å². The van der Waals surface area contributed by atoms with Gasteiger partial charge >= 0.3 is 0 Å². The highest BCUT2D eigenvalue weighted by Crippen LogP contribution is 2.35. The number of nitrogens with zero attached hydrogens (tertiary/aromatic N) is 3. The van der Waals surface area contributed by atoms with Gasteiger partial charge in [0.1, 0.15) is 23.0 Å². The fraction of sp³-hybridized carbons (Fsp3) is 0. The molecule has 0 radical (unpaired) electrons. The number of nitrogens with one attached hydrogen (secondary N) is 1. The second-order valence-corrected chi connectivity index (χ2v) is 3.78. The summed E-state index contributed by atoms with van der Waals surface area (Å²) in [6.07, 6.45) is 1.40. The summed E-state index contributed by atoms with van der Waals surface area (Å²) in [5.74, 6) is -1.49. The number of halogens is 2. The molecule has 3 aromatic rings. The van der Waals surface area contributed by atoms with E-state index >= 15 is 0 Å². The van der Waals surface area contributed by atoms with Crippen LogP contribution in [0.1, 0.15) is 0 Å². The SMILES string of the molecule is Nc1onc(-c2cn[nH]n2)c1-c1cc(F)cc(F)c1. The fourth-order valence-electron chi connectivity index (χ4n) is 1.77. The van der Waals surface area contributed by atoms with Gasteiger partial charge in [-0.05, 0) is 17.7 Å². The van der Waals surface area contributed by atoms with Crippen LogP contribution in [0.15, 0.2) is 28.9 Å². The normalized spacial score (nSPS) is 10.8. The van der Waals surface area contributed by atoms with E-state index in [0.717, 1.165) is 18.2 Å². The number of rotatable bonds is 2.